The first kappa shape index (κ1) is 11.9. The van der Waals surface area contributed by atoms with Gasteiger partial charge in [0.15, 0.2) is 0 Å². The van der Waals surface area contributed by atoms with Crippen molar-refractivity contribution in [1.29, 1.82) is 0 Å². The summed E-state index contributed by atoms with van der Waals surface area (Å²) in [6.45, 7) is 3.28. The van der Waals surface area contributed by atoms with E-state index in [2.05, 4.69) is 5.32 Å². The molecule has 3 nitrogen and oxygen atoms in total. The first-order valence-corrected chi connectivity index (χ1v) is 7.32. The van der Waals surface area contributed by atoms with Gasteiger partial charge in [0.1, 0.15) is 0 Å². The third-order valence-corrected chi connectivity index (χ3v) is 5.00. The van der Waals surface area contributed by atoms with Crippen LogP contribution < -0.4 is 5.32 Å². The van der Waals surface area contributed by atoms with Gasteiger partial charge in [-0.15, -0.1) is 0 Å². The molecule has 1 N–H and O–H groups in total. The summed E-state index contributed by atoms with van der Waals surface area (Å²) >= 11 is 0. The monoisotopic (exact) mass is 239 g/mol. The lowest BCUT2D eigenvalue weighted by atomic mass is 9.57. The van der Waals surface area contributed by atoms with E-state index in [4.69, 9.17) is 9.47 Å². The molecule has 0 radical (unpaired) electrons. The Kier molecular flexibility index (Phi) is 3.69. The highest BCUT2D eigenvalue weighted by Crippen LogP contribution is 2.51. The molecule has 3 heteroatoms. The fraction of sp³-hybridized carbons (Fsp3) is 1.00. The first-order valence-electron chi connectivity index (χ1n) is 7.32. The minimum absolute atomic E-state index is 0.282. The molecule has 0 bridgehead atoms. The molecular formula is C14H25NO2. The lowest BCUT2D eigenvalue weighted by Crippen LogP contribution is -2.56. The van der Waals surface area contributed by atoms with Gasteiger partial charge in [-0.2, -0.15) is 0 Å². The van der Waals surface area contributed by atoms with Gasteiger partial charge < -0.3 is 14.8 Å². The SMILES string of the molecule is C1CCC2(CC1)CCC2NCC1COCCO1. The second-order valence-electron chi connectivity index (χ2n) is 5.99. The smallest absolute Gasteiger partial charge is 0.0933 e. The molecule has 0 aromatic carbocycles. The minimum atomic E-state index is 0.282. The molecule has 1 saturated heterocycles. The lowest BCUT2D eigenvalue weighted by molar-refractivity contribution is -0.0915. The van der Waals surface area contributed by atoms with Crippen LogP contribution in [-0.2, 0) is 9.47 Å². The van der Waals surface area contributed by atoms with Crippen LogP contribution in [0.3, 0.4) is 0 Å². The van der Waals surface area contributed by atoms with E-state index in [0.29, 0.717) is 5.41 Å². The van der Waals surface area contributed by atoms with Crippen LogP contribution in [0.15, 0.2) is 0 Å². The number of nitrogens with one attached hydrogen (secondary N) is 1. The second-order valence-corrected chi connectivity index (χ2v) is 5.99. The summed E-state index contributed by atoms with van der Waals surface area (Å²) in [4.78, 5) is 0. The van der Waals surface area contributed by atoms with Gasteiger partial charge in [-0.25, -0.2) is 0 Å². The zero-order valence-corrected chi connectivity index (χ0v) is 10.7. The van der Waals surface area contributed by atoms with Crippen molar-refractivity contribution in [2.75, 3.05) is 26.4 Å². The van der Waals surface area contributed by atoms with Crippen LogP contribution in [0.25, 0.3) is 0 Å². The molecule has 1 heterocycles. The molecule has 1 spiro atoms. The van der Waals surface area contributed by atoms with Crippen molar-refractivity contribution in [1.82, 2.24) is 5.32 Å². The number of rotatable bonds is 3. The Labute approximate surface area is 104 Å². The molecule has 3 aliphatic rings. The van der Waals surface area contributed by atoms with E-state index < -0.39 is 0 Å². The molecule has 3 rings (SSSR count). The van der Waals surface area contributed by atoms with Gasteiger partial charge in [-0.3, -0.25) is 0 Å². The van der Waals surface area contributed by atoms with Crippen molar-refractivity contribution in [2.45, 2.75) is 57.1 Å². The van der Waals surface area contributed by atoms with Crippen LogP contribution in [0.5, 0.6) is 0 Å². The summed E-state index contributed by atoms with van der Waals surface area (Å²) in [7, 11) is 0. The van der Waals surface area contributed by atoms with Gasteiger partial charge in [0, 0.05) is 12.6 Å². The molecule has 2 saturated carbocycles. The largest absolute Gasteiger partial charge is 0.376 e. The van der Waals surface area contributed by atoms with Crippen molar-refractivity contribution in [3.63, 3.8) is 0 Å². The van der Waals surface area contributed by atoms with Crippen molar-refractivity contribution < 1.29 is 9.47 Å². The van der Waals surface area contributed by atoms with E-state index in [1.165, 1.54) is 44.9 Å². The molecule has 98 valence electrons. The Hall–Kier alpha value is -0.120. The predicted molar refractivity (Wildman–Crippen MR) is 67.1 cm³/mol. The van der Waals surface area contributed by atoms with E-state index in [-0.39, 0.29) is 6.10 Å². The molecule has 0 aromatic heterocycles. The molecule has 2 unspecified atom stereocenters. The zero-order valence-electron chi connectivity index (χ0n) is 10.7. The minimum Gasteiger partial charge on any atom is -0.376 e. The van der Waals surface area contributed by atoms with Gasteiger partial charge in [-0.05, 0) is 31.1 Å². The highest BCUT2D eigenvalue weighted by Gasteiger charge is 2.46. The third kappa shape index (κ3) is 2.51. The summed E-state index contributed by atoms with van der Waals surface area (Å²) in [6, 6.07) is 0.758. The molecule has 0 aromatic rings. The van der Waals surface area contributed by atoms with Gasteiger partial charge in [0.2, 0.25) is 0 Å². The Morgan fingerprint density at radius 1 is 1.06 bits per heavy atom. The molecule has 0 amide bonds. The van der Waals surface area contributed by atoms with Crippen molar-refractivity contribution >= 4 is 0 Å². The van der Waals surface area contributed by atoms with E-state index >= 15 is 0 Å². The Bertz CT molecular complexity index is 245. The first-order chi connectivity index (χ1) is 8.39. The molecule has 2 aliphatic carbocycles. The fourth-order valence-corrected chi connectivity index (χ4v) is 3.80. The van der Waals surface area contributed by atoms with Gasteiger partial charge >= 0.3 is 0 Å². The maximum Gasteiger partial charge on any atom is 0.0933 e. The van der Waals surface area contributed by atoms with Crippen LogP contribution in [-0.4, -0.2) is 38.5 Å². The summed E-state index contributed by atoms with van der Waals surface area (Å²) < 4.78 is 11.1. The van der Waals surface area contributed by atoms with E-state index in [0.717, 1.165) is 32.4 Å². The zero-order chi connectivity index (χ0) is 11.6. The number of ether oxygens (including phenoxy) is 2. The van der Waals surface area contributed by atoms with E-state index in [1.807, 2.05) is 0 Å². The topological polar surface area (TPSA) is 30.5 Å². The molecule has 2 atom stereocenters. The quantitative estimate of drug-likeness (QED) is 0.818. The van der Waals surface area contributed by atoms with Gasteiger partial charge in [0.05, 0.1) is 25.9 Å². The maximum atomic E-state index is 5.69. The van der Waals surface area contributed by atoms with Crippen molar-refractivity contribution in [3.8, 4) is 0 Å². The standard InChI is InChI=1S/C14H25NO2/c1-2-5-14(6-3-1)7-4-13(14)15-10-12-11-16-8-9-17-12/h12-13,15H,1-11H2. The molecule has 3 fully saturated rings. The summed E-state index contributed by atoms with van der Waals surface area (Å²) in [5, 5.41) is 3.74. The Balaban J connectivity index is 1.45. The second kappa shape index (κ2) is 5.25. The summed E-state index contributed by atoms with van der Waals surface area (Å²) in [5.41, 5.74) is 0.660. The van der Waals surface area contributed by atoms with Crippen molar-refractivity contribution in [3.05, 3.63) is 0 Å². The van der Waals surface area contributed by atoms with E-state index in [1.54, 1.807) is 0 Å². The van der Waals surface area contributed by atoms with Crippen LogP contribution in [0.1, 0.15) is 44.9 Å². The average Bonchev–Trinajstić information content (AvgIpc) is 2.40. The average molecular weight is 239 g/mol. The van der Waals surface area contributed by atoms with Gasteiger partial charge in [0.25, 0.3) is 0 Å². The maximum absolute atomic E-state index is 5.69. The molecule has 1 aliphatic heterocycles. The molecule has 17 heavy (non-hydrogen) atoms. The fourth-order valence-electron chi connectivity index (χ4n) is 3.80. The number of hydrogen-bond acceptors (Lipinski definition) is 3. The molecular weight excluding hydrogens is 214 g/mol. The van der Waals surface area contributed by atoms with E-state index in [9.17, 15) is 0 Å². The Morgan fingerprint density at radius 2 is 1.94 bits per heavy atom. The van der Waals surface area contributed by atoms with Crippen LogP contribution in [0, 0.1) is 5.41 Å². The highest BCUT2D eigenvalue weighted by molar-refractivity contribution is 5.01. The highest BCUT2D eigenvalue weighted by atomic mass is 16.6. The third-order valence-electron chi connectivity index (χ3n) is 5.00. The lowest BCUT2D eigenvalue weighted by Gasteiger charge is -2.53. The van der Waals surface area contributed by atoms with Gasteiger partial charge in [-0.1, -0.05) is 19.3 Å². The normalized spacial score (nSPS) is 36.7. The predicted octanol–water partition coefficient (Wildman–Crippen LogP) is 2.10. The van der Waals surface area contributed by atoms with Crippen LogP contribution >= 0.6 is 0 Å². The van der Waals surface area contributed by atoms with Crippen LogP contribution in [0.2, 0.25) is 0 Å². The summed E-state index contributed by atoms with van der Waals surface area (Å²) in [5.74, 6) is 0. The summed E-state index contributed by atoms with van der Waals surface area (Å²) in [6.07, 6.45) is 10.3. The van der Waals surface area contributed by atoms with Crippen LogP contribution in [0.4, 0.5) is 0 Å². The van der Waals surface area contributed by atoms with Crippen molar-refractivity contribution in [2.24, 2.45) is 5.41 Å². The number of hydrogen-bond donors (Lipinski definition) is 1. The Morgan fingerprint density at radius 3 is 2.59 bits per heavy atom.